The van der Waals surface area contributed by atoms with Gasteiger partial charge in [0.05, 0.1) is 6.42 Å². The van der Waals surface area contributed by atoms with Crippen molar-refractivity contribution in [2.24, 2.45) is 5.84 Å². The predicted molar refractivity (Wildman–Crippen MR) is 76.3 cm³/mol. The molecule has 0 saturated carbocycles. The first-order valence-electron chi connectivity index (χ1n) is 6.39. The van der Waals surface area contributed by atoms with E-state index in [4.69, 9.17) is 5.84 Å². The number of hydrogen-bond acceptors (Lipinski definition) is 2. The number of hydrogen-bond donors (Lipinski definition) is 2. The zero-order valence-corrected chi connectivity index (χ0v) is 10.8. The predicted octanol–water partition coefficient (Wildman–Crippen LogP) is 2.00. The molecule has 0 saturated heterocycles. The van der Waals surface area contributed by atoms with E-state index in [0.29, 0.717) is 6.42 Å². The number of nitrogens with one attached hydrogen (secondary N) is 1. The number of amides is 1. The van der Waals surface area contributed by atoms with Crippen LogP contribution in [0.15, 0.2) is 54.6 Å². The monoisotopic (exact) mass is 254 g/mol. The van der Waals surface area contributed by atoms with Gasteiger partial charge in [-0.2, -0.15) is 0 Å². The van der Waals surface area contributed by atoms with Gasteiger partial charge in [0, 0.05) is 0 Å². The van der Waals surface area contributed by atoms with Gasteiger partial charge in [-0.05, 0) is 29.5 Å². The molecule has 3 heteroatoms. The van der Waals surface area contributed by atoms with Crippen molar-refractivity contribution < 1.29 is 4.79 Å². The Bertz CT molecular complexity index is 520. The molecule has 0 radical (unpaired) electrons. The standard InChI is InChI=1S/C16H18N2O/c17-18-16(19)12-15-10-8-14(9-11-15)7-6-13-4-2-1-3-5-13/h1-5,8-11H,6-7,12,17H2,(H,18,19). The smallest absolute Gasteiger partial charge is 0.238 e. The number of carbonyl (C=O) groups excluding carboxylic acids is 1. The lowest BCUT2D eigenvalue weighted by Crippen LogP contribution is -2.31. The fourth-order valence-electron chi connectivity index (χ4n) is 1.99. The summed E-state index contributed by atoms with van der Waals surface area (Å²) >= 11 is 0. The highest BCUT2D eigenvalue weighted by Crippen LogP contribution is 2.09. The van der Waals surface area contributed by atoms with Gasteiger partial charge >= 0.3 is 0 Å². The van der Waals surface area contributed by atoms with E-state index in [2.05, 4.69) is 41.8 Å². The number of rotatable bonds is 5. The van der Waals surface area contributed by atoms with E-state index in [-0.39, 0.29) is 5.91 Å². The molecule has 19 heavy (non-hydrogen) atoms. The Morgan fingerprint density at radius 3 is 1.95 bits per heavy atom. The average Bonchev–Trinajstić information content (AvgIpc) is 2.47. The first kappa shape index (κ1) is 13.3. The van der Waals surface area contributed by atoms with Crippen LogP contribution in [-0.2, 0) is 24.1 Å². The zero-order valence-electron chi connectivity index (χ0n) is 10.8. The van der Waals surface area contributed by atoms with E-state index >= 15 is 0 Å². The van der Waals surface area contributed by atoms with E-state index in [0.717, 1.165) is 18.4 Å². The Morgan fingerprint density at radius 2 is 1.37 bits per heavy atom. The highest BCUT2D eigenvalue weighted by Gasteiger charge is 2.01. The Balaban J connectivity index is 1.90. The van der Waals surface area contributed by atoms with E-state index in [1.54, 1.807) is 0 Å². The van der Waals surface area contributed by atoms with Crippen LogP contribution in [0.4, 0.5) is 0 Å². The van der Waals surface area contributed by atoms with Gasteiger partial charge in [0.15, 0.2) is 0 Å². The van der Waals surface area contributed by atoms with Crippen molar-refractivity contribution in [2.75, 3.05) is 0 Å². The highest BCUT2D eigenvalue weighted by atomic mass is 16.2. The molecule has 98 valence electrons. The Hall–Kier alpha value is -2.13. The molecule has 1 amide bonds. The molecule has 2 rings (SSSR count). The quantitative estimate of drug-likeness (QED) is 0.487. The third kappa shape index (κ3) is 4.23. The second-order valence-corrected chi connectivity index (χ2v) is 4.55. The molecule has 0 aliphatic rings. The van der Waals surface area contributed by atoms with Crippen molar-refractivity contribution in [2.45, 2.75) is 19.3 Å². The van der Waals surface area contributed by atoms with Crippen LogP contribution in [-0.4, -0.2) is 5.91 Å². The Kier molecular flexibility index (Phi) is 4.70. The Morgan fingerprint density at radius 1 is 0.842 bits per heavy atom. The van der Waals surface area contributed by atoms with Gasteiger partial charge in [-0.25, -0.2) is 5.84 Å². The molecular formula is C16H18N2O. The van der Waals surface area contributed by atoms with Crippen molar-refractivity contribution in [3.8, 4) is 0 Å². The zero-order chi connectivity index (χ0) is 13.5. The van der Waals surface area contributed by atoms with E-state index < -0.39 is 0 Å². The summed E-state index contributed by atoms with van der Waals surface area (Å²) in [6.45, 7) is 0. The first-order valence-corrected chi connectivity index (χ1v) is 6.39. The second-order valence-electron chi connectivity index (χ2n) is 4.55. The van der Waals surface area contributed by atoms with Crippen molar-refractivity contribution in [3.63, 3.8) is 0 Å². The largest absolute Gasteiger partial charge is 0.294 e. The maximum Gasteiger partial charge on any atom is 0.238 e. The molecule has 0 atom stereocenters. The minimum Gasteiger partial charge on any atom is -0.294 e. The molecule has 0 unspecified atom stereocenters. The van der Waals surface area contributed by atoms with E-state index in [9.17, 15) is 4.79 Å². The fraction of sp³-hybridized carbons (Fsp3) is 0.188. The second kappa shape index (κ2) is 6.71. The summed E-state index contributed by atoms with van der Waals surface area (Å²) in [5.41, 5.74) is 5.73. The van der Waals surface area contributed by atoms with Crippen molar-refractivity contribution in [3.05, 3.63) is 71.3 Å². The molecule has 0 spiro atoms. The molecule has 2 aromatic carbocycles. The van der Waals surface area contributed by atoms with Crippen LogP contribution >= 0.6 is 0 Å². The minimum absolute atomic E-state index is 0.169. The highest BCUT2D eigenvalue weighted by molar-refractivity contribution is 5.77. The number of benzene rings is 2. The lowest BCUT2D eigenvalue weighted by molar-refractivity contribution is -0.120. The maximum atomic E-state index is 11.1. The third-order valence-corrected chi connectivity index (χ3v) is 3.09. The molecule has 0 aromatic heterocycles. The van der Waals surface area contributed by atoms with Crippen LogP contribution in [0.1, 0.15) is 16.7 Å². The summed E-state index contributed by atoms with van der Waals surface area (Å²) in [5, 5.41) is 0. The molecule has 0 heterocycles. The van der Waals surface area contributed by atoms with Crippen molar-refractivity contribution in [1.29, 1.82) is 0 Å². The SMILES string of the molecule is NNC(=O)Cc1ccc(CCc2ccccc2)cc1. The van der Waals surface area contributed by atoms with Crippen LogP contribution in [0.5, 0.6) is 0 Å². The summed E-state index contributed by atoms with van der Waals surface area (Å²) in [5.74, 6) is 4.89. The van der Waals surface area contributed by atoms with Crippen LogP contribution in [0, 0.1) is 0 Å². The average molecular weight is 254 g/mol. The molecule has 3 nitrogen and oxygen atoms in total. The lowest BCUT2D eigenvalue weighted by atomic mass is 10.0. The first-order chi connectivity index (χ1) is 9.28. The summed E-state index contributed by atoms with van der Waals surface area (Å²) in [7, 11) is 0. The molecule has 0 aliphatic heterocycles. The normalized spacial score (nSPS) is 10.2. The van der Waals surface area contributed by atoms with Gasteiger partial charge in [-0.1, -0.05) is 54.6 Å². The topological polar surface area (TPSA) is 55.1 Å². The number of nitrogens with two attached hydrogens (primary N) is 1. The summed E-state index contributed by atoms with van der Waals surface area (Å²) in [4.78, 5) is 11.1. The van der Waals surface area contributed by atoms with Gasteiger partial charge in [0.2, 0.25) is 5.91 Å². The van der Waals surface area contributed by atoms with Gasteiger partial charge in [-0.3, -0.25) is 10.2 Å². The molecule has 0 bridgehead atoms. The maximum absolute atomic E-state index is 11.1. The van der Waals surface area contributed by atoms with Crippen molar-refractivity contribution in [1.82, 2.24) is 5.43 Å². The third-order valence-electron chi connectivity index (χ3n) is 3.09. The van der Waals surface area contributed by atoms with E-state index in [1.165, 1.54) is 11.1 Å². The molecular weight excluding hydrogens is 236 g/mol. The lowest BCUT2D eigenvalue weighted by Gasteiger charge is -2.04. The summed E-state index contributed by atoms with van der Waals surface area (Å²) in [6.07, 6.45) is 2.37. The van der Waals surface area contributed by atoms with Gasteiger partial charge < -0.3 is 0 Å². The van der Waals surface area contributed by atoms with Crippen molar-refractivity contribution >= 4 is 5.91 Å². The number of hydrazine groups is 1. The minimum atomic E-state index is -0.169. The Labute approximate surface area is 113 Å². The van der Waals surface area contributed by atoms with Crippen LogP contribution < -0.4 is 11.3 Å². The van der Waals surface area contributed by atoms with Crippen LogP contribution in [0.3, 0.4) is 0 Å². The van der Waals surface area contributed by atoms with Gasteiger partial charge in [0.25, 0.3) is 0 Å². The van der Waals surface area contributed by atoms with E-state index in [1.807, 2.05) is 18.2 Å². The molecule has 2 aromatic rings. The van der Waals surface area contributed by atoms with Crippen LogP contribution in [0.2, 0.25) is 0 Å². The summed E-state index contributed by atoms with van der Waals surface area (Å²) in [6, 6.07) is 18.5. The number of carbonyl (C=O) groups is 1. The van der Waals surface area contributed by atoms with Gasteiger partial charge in [-0.15, -0.1) is 0 Å². The molecule has 0 aliphatic carbocycles. The molecule has 3 N–H and O–H groups in total. The van der Waals surface area contributed by atoms with Crippen LogP contribution in [0.25, 0.3) is 0 Å². The van der Waals surface area contributed by atoms with Gasteiger partial charge in [0.1, 0.15) is 0 Å². The summed E-state index contributed by atoms with van der Waals surface area (Å²) < 4.78 is 0. The molecule has 0 fully saturated rings. The number of aryl methyl sites for hydroxylation is 2. The fourth-order valence-corrected chi connectivity index (χ4v) is 1.99.